The summed E-state index contributed by atoms with van der Waals surface area (Å²) in [5.41, 5.74) is 1.55. The number of hydrogen-bond donors (Lipinski definition) is 0. The summed E-state index contributed by atoms with van der Waals surface area (Å²) in [6.45, 7) is 4.05. The minimum Gasteiger partial charge on any atom is -0.489 e. The van der Waals surface area contributed by atoms with Crippen LogP contribution < -0.4 is 9.64 Å². The van der Waals surface area contributed by atoms with E-state index < -0.39 is 0 Å². The molecule has 1 heterocycles. The van der Waals surface area contributed by atoms with Crippen molar-refractivity contribution in [2.75, 3.05) is 11.5 Å². The van der Waals surface area contributed by atoms with Gasteiger partial charge in [0, 0.05) is 14.5 Å². The molecule has 1 amide bonds. The molecule has 0 radical (unpaired) electrons. The van der Waals surface area contributed by atoms with Crippen molar-refractivity contribution in [3.05, 3.63) is 74.5 Å². The molecule has 0 aromatic heterocycles. The molecule has 2 aromatic rings. The number of halogens is 2. The van der Waals surface area contributed by atoms with Crippen molar-refractivity contribution in [1.29, 1.82) is 0 Å². The molecule has 26 heavy (non-hydrogen) atoms. The molecule has 0 unspecified atom stereocenters. The quantitative estimate of drug-likeness (QED) is 0.273. The van der Waals surface area contributed by atoms with E-state index >= 15 is 0 Å². The van der Waals surface area contributed by atoms with Crippen LogP contribution in [0.25, 0.3) is 6.08 Å². The molecule has 0 bridgehead atoms. The van der Waals surface area contributed by atoms with Crippen molar-refractivity contribution in [2.24, 2.45) is 0 Å². The van der Waals surface area contributed by atoms with Crippen LogP contribution in [0, 0.1) is 0 Å². The standard InChI is InChI=1S/C19H13Br2NO2S2/c1-2-9-24-16-8-5-14(21)10-12(16)11-17-18(23)22(19(25)26-17)15-6-3-13(20)4-7-15/h2-8,10-11H,1,9H2/b17-11+. The Morgan fingerprint density at radius 2 is 1.85 bits per heavy atom. The highest BCUT2D eigenvalue weighted by molar-refractivity contribution is 9.10. The van der Waals surface area contributed by atoms with Gasteiger partial charge in [-0.1, -0.05) is 68.5 Å². The van der Waals surface area contributed by atoms with E-state index in [4.69, 9.17) is 17.0 Å². The Morgan fingerprint density at radius 1 is 1.15 bits per heavy atom. The number of ether oxygens (including phenoxy) is 1. The predicted molar refractivity (Wildman–Crippen MR) is 120 cm³/mol. The lowest BCUT2D eigenvalue weighted by atomic mass is 10.2. The highest BCUT2D eigenvalue weighted by Gasteiger charge is 2.33. The van der Waals surface area contributed by atoms with Gasteiger partial charge in [0.25, 0.3) is 5.91 Å². The fourth-order valence-corrected chi connectivity index (χ4v) is 4.27. The third-order valence-corrected chi connectivity index (χ3v) is 5.82. The summed E-state index contributed by atoms with van der Waals surface area (Å²) < 4.78 is 8.04. The number of thioether (sulfide) groups is 1. The number of hydrogen-bond acceptors (Lipinski definition) is 4. The largest absolute Gasteiger partial charge is 0.489 e. The number of carbonyl (C=O) groups excluding carboxylic acids is 1. The molecule has 0 saturated carbocycles. The first-order chi connectivity index (χ1) is 12.5. The van der Waals surface area contributed by atoms with Crippen molar-refractivity contribution in [3.63, 3.8) is 0 Å². The number of rotatable bonds is 5. The van der Waals surface area contributed by atoms with Gasteiger partial charge in [-0.2, -0.15) is 0 Å². The first kappa shape index (κ1) is 19.4. The van der Waals surface area contributed by atoms with Gasteiger partial charge in [-0.15, -0.1) is 0 Å². The topological polar surface area (TPSA) is 29.5 Å². The number of nitrogens with zero attached hydrogens (tertiary/aromatic N) is 1. The van der Waals surface area contributed by atoms with E-state index in [1.165, 1.54) is 11.8 Å². The van der Waals surface area contributed by atoms with Crippen LogP contribution in [-0.2, 0) is 4.79 Å². The van der Waals surface area contributed by atoms with Crippen molar-refractivity contribution in [1.82, 2.24) is 0 Å². The average Bonchev–Trinajstić information content (AvgIpc) is 2.89. The number of benzene rings is 2. The Labute approximate surface area is 178 Å². The van der Waals surface area contributed by atoms with Gasteiger partial charge < -0.3 is 4.74 Å². The highest BCUT2D eigenvalue weighted by atomic mass is 79.9. The Kier molecular flexibility index (Phi) is 6.34. The number of amides is 1. The molecule has 1 fully saturated rings. The van der Waals surface area contributed by atoms with Gasteiger partial charge in [0.05, 0.1) is 10.6 Å². The van der Waals surface area contributed by atoms with Crippen LogP contribution in [0.15, 0.2) is 69.0 Å². The van der Waals surface area contributed by atoms with E-state index in [0.717, 1.165) is 20.2 Å². The maximum atomic E-state index is 12.9. The fraction of sp³-hybridized carbons (Fsp3) is 0.0526. The van der Waals surface area contributed by atoms with Crippen LogP contribution >= 0.6 is 55.8 Å². The smallest absolute Gasteiger partial charge is 0.270 e. The fourth-order valence-electron chi connectivity index (χ4n) is 2.33. The summed E-state index contributed by atoms with van der Waals surface area (Å²) >= 11 is 13.6. The molecule has 3 nitrogen and oxygen atoms in total. The second-order valence-corrected chi connectivity index (χ2v) is 8.78. The van der Waals surface area contributed by atoms with E-state index in [0.29, 0.717) is 21.6 Å². The zero-order valence-electron chi connectivity index (χ0n) is 13.4. The molecule has 1 aliphatic rings. The predicted octanol–water partition coefficient (Wildman–Crippen LogP) is 6.18. The lowest BCUT2D eigenvalue weighted by molar-refractivity contribution is -0.113. The van der Waals surface area contributed by atoms with Crippen molar-refractivity contribution in [3.8, 4) is 5.75 Å². The van der Waals surface area contributed by atoms with Gasteiger partial charge >= 0.3 is 0 Å². The minimum atomic E-state index is -0.142. The molecule has 1 aliphatic heterocycles. The molecule has 132 valence electrons. The number of anilines is 1. The lowest BCUT2D eigenvalue weighted by Crippen LogP contribution is -2.27. The van der Waals surface area contributed by atoms with Crippen LogP contribution in [0.4, 0.5) is 5.69 Å². The van der Waals surface area contributed by atoms with Crippen molar-refractivity contribution in [2.45, 2.75) is 0 Å². The van der Waals surface area contributed by atoms with E-state index in [-0.39, 0.29) is 5.91 Å². The Balaban J connectivity index is 1.94. The second-order valence-electron chi connectivity index (χ2n) is 5.28. The first-order valence-electron chi connectivity index (χ1n) is 7.56. The van der Waals surface area contributed by atoms with E-state index in [1.54, 1.807) is 17.1 Å². The maximum absolute atomic E-state index is 12.9. The first-order valence-corrected chi connectivity index (χ1v) is 10.4. The monoisotopic (exact) mass is 509 g/mol. The van der Waals surface area contributed by atoms with Gasteiger partial charge in [-0.25, -0.2) is 0 Å². The Morgan fingerprint density at radius 3 is 2.54 bits per heavy atom. The highest BCUT2D eigenvalue weighted by Crippen LogP contribution is 2.37. The Hall–Kier alpha value is -1.41. The molecule has 0 atom stereocenters. The van der Waals surface area contributed by atoms with Crippen molar-refractivity contribution >= 4 is 77.8 Å². The van der Waals surface area contributed by atoms with Gasteiger partial charge in [-0.3, -0.25) is 9.69 Å². The van der Waals surface area contributed by atoms with Gasteiger partial charge in [0.1, 0.15) is 12.4 Å². The van der Waals surface area contributed by atoms with Gasteiger partial charge in [0.15, 0.2) is 4.32 Å². The second kappa shape index (κ2) is 8.52. The van der Waals surface area contributed by atoms with Gasteiger partial charge in [0.2, 0.25) is 0 Å². The summed E-state index contributed by atoms with van der Waals surface area (Å²) in [6, 6.07) is 13.1. The molecular formula is C19H13Br2NO2S2. The molecule has 0 N–H and O–H groups in total. The summed E-state index contributed by atoms with van der Waals surface area (Å²) in [5.74, 6) is 0.541. The van der Waals surface area contributed by atoms with E-state index in [1.807, 2.05) is 42.5 Å². The normalized spacial score (nSPS) is 15.6. The summed E-state index contributed by atoms with van der Waals surface area (Å²) in [7, 11) is 0. The lowest BCUT2D eigenvalue weighted by Gasteiger charge is -2.14. The van der Waals surface area contributed by atoms with Crippen LogP contribution in [0.3, 0.4) is 0 Å². The molecule has 0 spiro atoms. The molecule has 7 heteroatoms. The van der Waals surface area contributed by atoms with Crippen molar-refractivity contribution < 1.29 is 9.53 Å². The maximum Gasteiger partial charge on any atom is 0.270 e. The Bertz CT molecular complexity index is 910. The SMILES string of the molecule is C=CCOc1ccc(Br)cc1/C=C1/SC(=S)N(c2ccc(Br)cc2)C1=O. The zero-order chi connectivity index (χ0) is 18.7. The van der Waals surface area contributed by atoms with Crippen LogP contribution in [0.5, 0.6) is 5.75 Å². The third-order valence-electron chi connectivity index (χ3n) is 3.49. The zero-order valence-corrected chi connectivity index (χ0v) is 18.3. The molecule has 0 aliphatic carbocycles. The number of carbonyl (C=O) groups is 1. The summed E-state index contributed by atoms with van der Waals surface area (Å²) in [5, 5.41) is 0. The summed E-state index contributed by atoms with van der Waals surface area (Å²) in [6.07, 6.45) is 3.49. The van der Waals surface area contributed by atoms with E-state index in [2.05, 4.69) is 38.4 Å². The third kappa shape index (κ3) is 4.28. The molecular weight excluding hydrogens is 498 g/mol. The van der Waals surface area contributed by atoms with Crippen LogP contribution in [0.2, 0.25) is 0 Å². The molecule has 1 saturated heterocycles. The number of thiocarbonyl (C=S) groups is 1. The molecule has 2 aromatic carbocycles. The minimum absolute atomic E-state index is 0.142. The van der Waals surface area contributed by atoms with E-state index in [9.17, 15) is 4.79 Å². The van der Waals surface area contributed by atoms with Crippen LogP contribution in [0.1, 0.15) is 5.56 Å². The van der Waals surface area contributed by atoms with Crippen LogP contribution in [-0.4, -0.2) is 16.8 Å². The van der Waals surface area contributed by atoms with Gasteiger partial charge in [-0.05, 0) is 48.5 Å². The molecule has 3 rings (SSSR count). The average molecular weight is 511 g/mol. The summed E-state index contributed by atoms with van der Waals surface area (Å²) in [4.78, 5) is 15.0.